The fourth-order valence-electron chi connectivity index (χ4n) is 4.41. The smallest absolute Gasteiger partial charge is 0.257 e. The number of methoxy groups -OCH3 is 1. The van der Waals surface area contributed by atoms with E-state index in [1.165, 1.54) is 0 Å². The summed E-state index contributed by atoms with van der Waals surface area (Å²) in [5.74, 6) is 1.85. The van der Waals surface area contributed by atoms with Crippen molar-refractivity contribution in [3.63, 3.8) is 0 Å². The molecule has 1 aromatic heterocycles. The first kappa shape index (κ1) is 22.2. The molecule has 1 aromatic carbocycles. The van der Waals surface area contributed by atoms with Gasteiger partial charge in [0.25, 0.3) is 5.91 Å². The molecular weight excluding hydrogens is 406 g/mol. The van der Waals surface area contributed by atoms with Crippen LogP contribution in [-0.4, -0.2) is 71.4 Å². The van der Waals surface area contributed by atoms with Crippen molar-refractivity contribution in [2.45, 2.75) is 38.5 Å². The number of aryl methyl sites for hydroxylation is 1. The lowest BCUT2D eigenvalue weighted by atomic mass is 9.95. The van der Waals surface area contributed by atoms with Gasteiger partial charge in [0.05, 0.1) is 24.9 Å². The van der Waals surface area contributed by atoms with Crippen molar-refractivity contribution in [1.82, 2.24) is 19.8 Å². The van der Waals surface area contributed by atoms with E-state index in [1.54, 1.807) is 13.3 Å². The van der Waals surface area contributed by atoms with Crippen LogP contribution >= 0.6 is 0 Å². The van der Waals surface area contributed by atoms with Gasteiger partial charge in [0.1, 0.15) is 11.6 Å². The maximum absolute atomic E-state index is 12.7. The quantitative estimate of drug-likeness (QED) is 0.748. The van der Waals surface area contributed by atoms with Gasteiger partial charge in [-0.25, -0.2) is 9.97 Å². The predicted molar refractivity (Wildman–Crippen MR) is 122 cm³/mol. The normalized spacial score (nSPS) is 17.4. The number of rotatable bonds is 6. The minimum absolute atomic E-state index is 0.0227. The topological polar surface area (TPSA) is 87.7 Å². The Labute approximate surface area is 189 Å². The van der Waals surface area contributed by atoms with Crippen LogP contribution in [0.15, 0.2) is 30.5 Å². The molecule has 8 heteroatoms. The summed E-state index contributed by atoms with van der Waals surface area (Å²) in [4.78, 5) is 38.3. The average Bonchev–Trinajstić information content (AvgIpc) is 3.35. The first-order valence-electron chi connectivity index (χ1n) is 11.3. The number of carbonyl (C=O) groups excluding carboxylic acids is 2. The number of ether oxygens (including phenoxy) is 1. The highest BCUT2D eigenvalue weighted by Gasteiger charge is 2.26. The summed E-state index contributed by atoms with van der Waals surface area (Å²) in [6.07, 6.45) is 5.64. The molecule has 2 aromatic rings. The monoisotopic (exact) mass is 437 g/mol. The Morgan fingerprint density at radius 1 is 1.09 bits per heavy atom. The van der Waals surface area contributed by atoms with E-state index in [-0.39, 0.29) is 17.7 Å². The van der Waals surface area contributed by atoms with E-state index in [0.717, 1.165) is 74.8 Å². The highest BCUT2D eigenvalue weighted by atomic mass is 16.5. The minimum atomic E-state index is -0.0227. The molecule has 2 saturated heterocycles. The lowest BCUT2D eigenvalue weighted by molar-refractivity contribution is -0.117. The van der Waals surface area contributed by atoms with E-state index in [2.05, 4.69) is 20.2 Å². The zero-order valence-electron chi connectivity index (χ0n) is 18.8. The molecule has 0 bridgehead atoms. The molecule has 1 N–H and O–H groups in total. The number of nitrogens with zero attached hydrogens (tertiary/aromatic N) is 4. The van der Waals surface area contributed by atoms with Gasteiger partial charge in [-0.1, -0.05) is 0 Å². The molecule has 0 spiro atoms. The van der Waals surface area contributed by atoms with Crippen molar-refractivity contribution in [2.75, 3.05) is 45.2 Å². The van der Waals surface area contributed by atoms with Gasteiger partial charge in [-0.05, 0) is 70.0 Å². The fraction of sp³-hybridized carbons (Fsp3) is 0.500. The Kier molecular flexibility index (Phi) is 6.99. The predicted octanol–water partition coefficient (Wildman–Crippen LogP) is 2.85. The van der Waals surface area contributed by atoms with Crippen molar-refractivity contribution in [2.24, 2.45) is 0 Å². The largest absolute Gasteiger partial charge is 0.497 e. The summed E-state index contributed by atoms with van der Waals surface area (Å²) in [6, 6.07) is 7.32. The van der Waals surface area contributed by atoms with Gasteiger partial charge in [0.15, 0.2) is 0 Å². The second kappa shape index (κ2) is 10.1. The molecule has 0 atom stereocenters. The van der Waals surface area contributed by atoms with Crippen molar-refractivity contribution in [3.8, 4) is 5.75 Å². The molecule has 170 valence electrons. The summed E-state index contributed by atoms with van der Waals surface area (Å²) < 4.78 is 5.14. The summed E-state index contributed by atoms with van der Waals surface area (Å²) in [5.41, 5.74) is 2.13. The second-order valence-corrected chi connectivity index (χ2v) is 8.55. The van der Waals surface area contributed by atoms with Gasteiger partial charge in [0, 0.05) is 30.9 Å². The summed E-state index contributed by atoms with van der Waals surface area (Å²) in [6.45, 7) is 5.54. The number of hydrogen-bond acceptors (Lipinski definition) is 6. The lowest BCUT2D eigenvalue weighted by Crippen LogP contribution is -2.39. The van der Waals surface area contributed by atoms with Crippen LogP contribution in [0.25, 0.3) is 0 Å². The molecule has 2 aliphatic heterocycles. The number of likely N-dealkylation sites (tertiary alicyclic amines) is 2. The third kappa shape index (κ3) is 5.24. The number of nitrogens with one attached hydrogen (secondary N) is 1. The fourth-order valence-corrected chi connectivity index (χ4v) is 4.41. The van der Waals surface area contributed by atoms with Crippen LogP contribution in [0.1, 0.15) is 53.5 Å². The van der Waals surface area contributed by atoms with Crippen molar-refractivity contribution >= 4 is 17.5 Å². The molecule has 0 saturated carbocycles. The maximum atomic E-state index is 12.7. The highest BCUT2D eigenvalue weighted by molar-refractivity contribution is 5.95. The second-order valence-electron chi connectivity index (χ2n) is 8.55. The van der Waals surface area contributed by atoms with Gasteiger partial charge < -0.3 is 15.0 Å². The molecule has 0 aliphatic carbocycles. The molecule has 2 fully saturated rings. The Hall–Kier alpha value is -3.00. The molecule has 2 amide bonds. The Bertz CT molecular complexity index is 949. The Balaban J connectivity index is 1.28. The maximum Gasteiger partial charge on any atom is 0.257 e. The third-order valence-corrected chi connectivity index (χ3v) is 6.32. The first-order valence-corrected chi connectivity index (χ1v) is 11.3. The Morgan fingerprint density at radius 2 is 1.78 bits per heavy atom. The molecule has 4 rings (SSSR count). The molecular formula is C24H31N5O3. The van der Waals surface area contributed by atoms with Crippen LogP contribution in [0, 0.1) is 6.92 Å². The number of anilines is 1. The molecule has 0 unspecified atom stereocenters. The number of benzene rings is 1. The van der Waals surface area contributed by atoms with Crippen molar-refractivity contribution < 1.29 is 14.3 Å². The van der Waals surface area contributed by atoms with Gasteiger partial charge in [0.2, 0.25) is 5.91 Å². The van der Waals surface area contributed by atoms with E-state index < -0.39 is 0 Å². The number of amides is 2. The summed E-state index contributed by atoms with van der Waals surface area (Å²) >= 11 is 0. The van der Waals surface area contributed by atoms with Crippen LogP contribution in [0.4, 0.5) is 5.69 Å². The molecule has 32 heavy (non-hydrogen) atoms. The molecule has 3 heterocycles. The molecule has 0 radical (unpaired) electrons. The van der Waals surface area contributed by atoms with Crippen LogP contribution < -0.4 is 10.1 Å². The highest BCUT2D eigenvalue weighted by Crippen LogP contribution is 2.26. The summed E-state index contributed by atoms with van der Waals surface area (Å²) in [7, 11) is 1.62. The van der Waals surface area contributed by atoms with Gasteiger partial charge >= 0.3 is 0 Å². The van der Waals surface area contributed by atoms with Crippen molar-refractivity contribution in [1.29, 1.82) is 0 Å². The van der Waals surface area contributed by atoms with E-state index in [4.69, 9.17) is 4.74 Å². The molecule has 2 aliphatic rings. The van der Waals surface area contributed by atoms with Crippen LogP contribution in [0.2, 0.25) is 0 Å². The zero-order valence-corrected chi connectivity index (χ0v) is 18.8. The van der Waals surface area contributed by atoms with Crippen LogP contribution in [0.3, 0.4) is 0 Å². The molecule has 8 nitrogen and oxygen atoms in total. The van der Waals surface area contributed by atoms with E-state index >= 15 is 0 Å². The van der Waals surface area contributed by atoms with Gasteiger partial charge in [-0.15, -0.1) is 0 Å². The number of hydrogen-bond donors (Lipinski definition) is 1. The van der Waals surface area contributed by atoms with E-state index in [1.807, 2.05) is 36.1 Å². The Morgan fingerprint density at radius 3 is 2.41 bits per heavy atom. The van der Waals surface area contributed by atoms with Crippen molar-refractivity contribution in [3.05, 3.63) is 47.5 Å². The first-order chi connectivity index (χ1) is 15.5. The third-order valence-electron chi connectivity index (χ3n) is 6.32. The lowest BCUT2D eigenvalue weighted by Gasteiger charge is -2.30. The van der Waals surface area contributed by atoms with Gasteiger partial charge in [-0.3, -0.25) is 14.5 Å². The standard InChI is InChI=1S/C24H31N5O3/c1-17-21(24(31)29-11-3-4-12-29)15-25-23(26-17)18-9-13-28(14-10-18)16-22(30)27-19-5-7-20(32-2)8-6-19/h5-8,15,18H,3-4,9-14,16H2,1-2H3,(H,27,30). The van der Waals surface area contributed by atoms with Crippen LogP contribution in [0.5, 0.6) is 5.75 Å². The van der Waals surface area contributed by atoms with Gasteiger partial charge in [-0.2, -0.15) is 0 Å². The minimum Gasteiger partial charge on any atom is -0.497 e. The SMILES string of the molecule is COc1ccc(NC(=O)CN2CCC(c3ncc(C(=O)N4CCCC4)c(C)n3)CC2)cc1. The zero-order chi connectivity index (χ0) is 22.5. The van der Waals surface area contributed by atoms with Crippen LogP contribution in [-0.2, 0) is 4.79 Å². The summed E-state index contributed by atoms with van der Waals surface area (Å²) in [5, 5.41) is 2.93. The number of piperidine rings is 1. The van der Waals surface area contributed by atoms with E-state index in [9.17, 15) is 9.59 Å². The average molecular weight is 438 g/mol. The van der Waals surface area contributed by atoms with E-state index in [0.29, 0.717) is 12.1 Å². The number of aromatic nitrogens is 2. The number of carbonyl (C=O) groups is 2.